The number of fused-ring (bicyclic) bond motifs is 1. The van der Waals surface area contributed by atoms with Crippen LogP contribution >= 0.6 is 11.6 Å². The number of alkyl halides is 3. The molecule has 2 aromatic rings. The molecule has 0 bridgehead atoms. The molecule has 1 atom stereocenters. The van der Waals surface area contributed by atoms with Gasteiger partial charge in [-0.1, -0.05) is 30.2 Å². The van der Waals surface area contributed by atoms with Gasteiger partial charge < -0.3 is 10.6 Å². The van der Waals surface area contributed by atoms with Crippen molar-refractivity contribution in [1.82, 2.24) is 10.2 Å². The van der Waals surface area contributed by atoms with Crippen molar-refractivity contribution in [3.05, 3.63) is 63.7 Å². The Balaban J connectivity index is 1.40. The molecule has 1 fully saturated rings. The molecule has 0 unspecified atom stereocenters. The molecular formula is C23H25ClF3N3O. The Morgan fingerprint density at radius 3 is 2.71 bits per heavy atom. The van der Waals surface area contributed by atoms with Crippen molar-refractivity contribution >= 4 is 23.2 Å². The molecule has 0 aliphatic carbocycles. The zero-order valence-corrected chi connectivity index (χ0v) is 17.8. The number of carbonyl (C=O) groups is 1. The van der Waals surface area contributed by atoms with Gasteiger partial charge in [-0.05, 0) is 66.8 Å². The van der Waals surface area contributed by atoms with E-state index in [1.165, 1.54) is 6.07 Å². The van der Waals surface area contributed by atoms with Gasteiger partial charge in [0.2, 0.25) is 5.91 Å². The molecule has 2 aliphatic heterocycles. The van der Waals surface area contributed by atoms with Crippen LogP contribution in [-0.4, -0.2) is 29.9 Å². The number of benzene rings is 2. The standard InChI is InChI=1S/C23H25ClF3N3O/c24-20-12-19(29-22(31)21-3-1-2-9-28-21)7-5-16(20)13-30-10-8-15-4-6-18(23(25,26)27)11-17(15)14-30/h4-7,11-12,21,28H,1-3,8-10,13-14H2,(H,29,31)/t21-/m1/s1. The molecule has 4 rings (SSSR count). The van der Waals surface area contributed by atoms with Crippen molar-refractivity contribution in [3.63, 3.8) is 0 Å². The van der Waals surface area contributed by atoms with Gasteiger partial charge in [-0.2, -0.15) is 13.2 Å². The Kier molecular flexibility index (Phi) is 6.55. The Hall–Kier alpha value is -2.09. The number of rotatable bonds is 4. The lowest BCUT2D eigenvalue weighted by Gasteiger charge is -2.29. The highest BCUT2D eigenvalue weighted by molar-refractivity contribution is 6.31. The van der Waals surface area contributed by atoms with Crippen LogP contribution in [0.1, 0.15) is 41.5 Å². The number of hydrogen-bond acceptors (Lipinski definition) is 3. The number of carbonyl (C=O) groups excluding carboxylic acids is 1. The van der Waals surface area contributed by atoms with Crippen molar-refractivity contribution in [2.45, 2.75) is 51.0 Å². The van der Waals surface area contributed by atoms with Crippen LogP contribution in [0, 0.1) is 0 Å². The number of hydrogen-bond donors (Lipinski definition) is 2. The summed E-state index contributed by atoms with van der Waals surface area (Å²) >= 11 is 6.46. The maximum absolute atomic E-state index is 13.0. The monoisotopic (exact) mass is 451 g/mol. The van der Waals surface area contributed by atoms with Gasteiger partial charge in [-0.25, -0.2) is 0 Å². The molecule has 8 heteroatoms. The SMILES string of the molecule is O=C(Nc1ccc(CN2CCc3ccc(C(F)(F)F)cc3C2)c(Cl)c1)[C@H]1CCCCN1. The first-order valence-electron chi connectivity index (χ1n) is 10.5. The minimum Gasteiger partial charge on any atom is -0.325 e. The zero-order chi connectivity index (χ0) is 22.0. The quantitative estimate of drug-likeness (QED) is 0.687. The lowest BCUT2D eigenvalue weighted by molar-refractivity contribution is -0.137. The summed E-state index contributed by atoms with van der Waals surface area (Å²) in [5.41, 5.74) is 2.58. The first kappa shape index (κ1) is 22.1. The molecule has 2 aliphatic rings. The molecule has 2 N–H and O–H groups in total. The van der Waals surface area contributed by atoms with Crippen LogP contribution in [0.4, 0.5) is 18.9 Å². The van der Waals surface area contributed by atoms with E-state index in [1.807, 2.05) is 12.1 Å². The molecule has 2 aromatic carbocycles. The summed E-state index contributed by atoms with van der Waals surface area (Å²) < 4.78 is 39.1. The van der Waals surface area contributed by atoms with Crippen LogP contribution in [0.15, 0.2) is 36.4 Å². The number of nitrogens with one attached hydrogen (secondary N) is 2. The van der Waals surface area contributed by atoms with Crippen molar-refractivity contribution in [2.24, 2.45) is 0 Å². The van der Waals surface area contributed by atoms with Gasteiger partial charge in [-0.3, -0.25) is 9.69 Å². The van der Waals surface area contributed by atoms with Gasteiger partial charge in [0.05, 0.1) is 11.6 Å². The summed E-state index contributed by atoms with van der Waals surface area (Å²) in [7, 11) is 0. The van der Waals surface area contributed by atoms with Gasteiger partial charge in [0, 0.05) is 30.3 Å². The Morgan fingerprint density at radius 1 is 1.16 bits per heavy atom. The van der Waals surface area contributed by atoms with E-state index >= 15 is 0 Å². The third kappa shape index (κ3) is 5.40. The third-order valence-electron chi connectivity index (χ3n) is 5.97. The fourth-order valence-corrected chi connectivity index (χ4v) is 4.47. The number of piperidine rings is 1. The average Bonchev–Trinajstić information content (AvgIpc) is 2.75. The highest BCUT2D eigenvalue weighted by Crippen LogP contribution is 2.33. The molecule has 1 saturated heterocycles. The first-order chi connectivity index (χ1) is 14.8. The van der Waals surface area contributed by atoms with E-state index in [0.29, 0.717) is 35.8 Å². The van der Waals surface area contributed by atoms with E-state index in [1.54, 1.807) is 12.1 Å². The van der Waals surface area contributed by atoms with Crippen molar-refractivity contribution < 1.29 is 18.0 Å². The predicted molar refractivity (Wildman–Crippen MR) is 115 cm³/mol. The van der Waals surface area contributed by atoms with Crippen molar-refractivity contribution in [1.29, 1.82) is 0 Å². The van der Waals surface area contributed by atoms with Gasteiger partial charge in [0.25, 0.3) is 0 Å². The molecule has 4 nitrogen and oxygen atoms in total. The summed E-state index contributed by atoms with van der Waals surface area (Å²) in [5.74, 6) is -0.0587. The molecule has 166 valence electrons. The minimum atomic E-state index is -4.34. The molecule has 0 saturated carbocycles. The topological polar surface area (TPSA) is 44.4 Å². The number of anilines is 1. The van der Waals surface area contributed by atoms with Crippen LogP contribution in [0.3, 0.4) is 0 Å². The van der Waals surface area contributed by atoms with Crippen LogP contribution < -0.4 is 10.6 Å². The normalized spacial score (nSPS) is 19.7. The average molecular weight is 452 g/mol. The number of nitrogens with zero attached hydrogens (tertiary/aromatic N) is 1. The summed E-state index contributed by atoms with van der Waals surface area (Å²) in [6.45, 7) is 2.58. The molecule has 0 aromatic heterocycles. The number of amides is 1. The van der Waals surface area contributed by atoms with Crippen LogP contribution in [0.5, 0.6) is 0 Å². The Bertz CT molecular complexity index is 958. The highest BCUT2D eigenvalue weighted by Gasteiger charge is 2.31. The van der Waals surface area contributed by atoms with Crippen LogP contribution in [0.25, 0.3) is 0 Å². The molecular weight excluding hydrogens is 427 g/mol. The smallest absolute Gasteiger partial charge is 0.325 e. The van der Waals surface area contributed by atoms with Gasteiger partial charge in [-0.15, -0.1) is 0 Å². The van der Waals surface area contributed by atoms with E-state index in [4.69, 9.17) is 11.6 Å². The Labute approximate surface area is 184 Å². The van der Waals surface area contributed by atoms with Gasteiger partial charge in [0.15, 0.2) is 0 Å². The van der Waals surface area contributed by atoms with Crippen LogP contribution in [0.2, 0.25) is 5.02 Å². The lowest BCUT2D eigenvalue weighted by atomic mass is 9.97. The van der Waals surface area contributed by atoms with Crippen LogP contribution in [-0.2, 0) is 30.5 Å². The van der Waals surface area contributed by atoms with Gasteiger partial charge in [0.1, 0.15) is 0 Å². The Morgan fingerprint density at radius 2 is 2.00 bits per heavy atom. The number of halogens is 4. The second kappa shape index (κ2) is 9.18. The second-order valence-corrected chi connectivity index (χ2v) is 8.65. The van der Waals surface area contributed by atoms with E-state index in [2.05, 4.69) is 15.5 Å². The summed E-state index contributed by atoms with van der Waals surface area (Å²) in [6.07, 6.45) is -0.692. The maximum Gasteiger partial charge on any atom is 0.416 e. The summed E-state index contributed by atoms with van der Waals surface area (Å²) in [6, 6.07) is 9.23. The maximum atomic E-state index is 13.0. The fraction of sp³-hybridized carbons (Fsp3) is 0.435. The second-order valence-electron chi connectivity index (χ2n) is 8.24. The summed E-state index contributed by atoms with van der Waals surface area (Å²) in [5, 5.41) is 6.66. The molecule has 0 radical (unpaired) electrons. The molecule has 2 heterocycles. The van der Waals surface area contributed by atoms with E-state index < -0.39 is 11.7 Å². The van der Waals surface area contributed by atoms with E-state index in [9.17, 15) is 18.0 Å². The molecule has 0 spiro atoms. The van der Waals surface area contributed by atoms with Crippen molar-refractivity contribution in [2.75, 3.05) is 18.4 Å². The third-order valence-corrected chi connectivity index (χ3v) is 6.32. The highest BCUT2D eigenvalue weighted by atomic mass is 35.5. The molecule has 31 heavy (non-hydrogen) atoms. The van der Waals surface area contributed by atoms with E-state index in [0.717, 1.165) is 49.5 Å². The lowest BCUT2D eigenvalue weighted by Crippen LogP contribution is -2.43. The zero-order valence-electron chi connectivity index (χ0n) is 17.1. The largest absolute Gasteiger partial charge is 0.416 e. The van der Waals surface area contributed by atoms with Gasteiger partial charge >= 0.3 is 6.18 Å². The summed E-state index contributed by atoms with van der Waals surface area (Å²) in [4.78, 5) is 14.5. The fourth-order valence-electron chi connectivity index (χ4n) is 4.23. The van der Waals surface area contributed by atoms with E-state index in [-0.39, 0.29) is 11.9 Å². The first-order valence-corrected chi connectivity index (χ1v) is 10.9. The molecule has 1 amide bonds. The van der Waals surface area contributed by atoms with Crippen molar-refractivity contribution in [3.8, 4) is 0 Å². The minimum absolute atomic E-state index is 0.0587. The predicted octanol–water partition coefficient (Wildman–Crippen LogP) is 5.00.